The summed E-state index contributed by atoms with van der Waals surface area (Å²) in [7, 11) is 0. The van der Waals surface area contributed by atoms with Crippen molar-refractivity contribution in [3.05, 3.63) is 24.3 Å². The first-order chi connectivity index (χ1) is 10.3. The number of hydrogen-bond acceptors (Lipinski definition) is 5. The van der Waals surface area contributed by atoms with Crippen LogP contribution in [0.3, 0.4) is 0 Å². The molecule has 2 aliphatic rings. The number of hydrazine groups is 1. The molecule has 0 amide bonds. The van der Waals surface area contributed by atoms with Crippen molar-refractivity contribution in [2.24, 2.45) is 23.6 Å². The molecule has 2 aromatic rings. The molecule has 0 aliphatic heterocycles. The summed E-state index contributed by atoms with van der Waals surface area (Å²) in [4.78, 5) is 8.88. The normalized spacial score (nSPS) is 18.2. The number of hydrogen-bond donors (Lipinski definition) is 3. The molecule has 4 rings (SSSR count). The number of nitrogen functional groups attached to an aromatic ring is 1. The number of nitrogens with one attached hydrogen (secondary N) is 2. The zero-order chi connectivity index (χ0) is 14.2. The van der Waals surface area contributed by atoms with Crippen molar-refractivity contribution in [2.45, 2.75) is 25.7 Å². The van der Waals surface area contributed by atoms with E-state index in [9.17, 15) is 0 Å². The second kappa shape index (κ2) is 5.15. The van der Waals surface area contributed by atoms with Gasteiger partial charge in [0.2, 0.25) is 5.95 Å². The van der Waals surface area contributed by atoms with Gasteiger partial charge >= 0.3 is 0 Å². The Hall–Kier alpha value is -1.88. The van der Waals surface area contributed by atoms with Crippen molar-refractivity contribution in [2.75, 3.05) is 17.3 Å². The summed E-state index contributed by atoms with van der Waals surface area (Å²) >= 11 is 0. The zero-order valence-corrected chi connectivity index (χ0v) is 12.0. The lowest BCUT2D eigenvalue weighted by molar-refractivity contribution is 0.428. The molecular formula is C16H21N5. The molecule has 5 nitrogen and oxygen atoms in total. The van der Waals surface area contributed by atoms with E-state index in [0.29, 0.717) is 5.95 Å². The molecule has 2 fully saturated rings. The Balaban J connectivity index is 1.59. The Kier molecular flexibility index (Phi) is 3.15. The average molecular weight is 283 g/mol. The predicted molar refractivity (Wildman–Crippen MR) is 84.8 cm³/mol. The van der Waals surface area contributed by atoms with Crippen molar-refractivity contribution in [3.8, 4) is 0 Å². The first-order valence-corrected chi connectivity index (χ1v) is 7.82. The van der Waals surface area contributed by atoms with Crippen molar-refractivity contribution in [1.82, 2.24) is 9.97 Å². The number of nitrogens with zero attached hydrogens (tertiary/aromatic N) is 2. The SMILES string of the molecule is NNc1nc(NCC(C2CC2)C2CC2)c2ccccc2n1. The van der Waals surface area contributed by atoms with Gasteiger partial charge in [-0.05, 0) is 55.6 Å². The summed E-state index contributed by atoms with van der Waals surface area (Å²) in [6, 6.07) is 8.05. The fourth-order valence-electron chi connectivity index (χ4n) is 3.26. The third-order valence-corrected chi connectivity index (χ3v) is 4.69. The molecule has 1 aromatic carbocycles. The van der Waals surface area contributed by atoms with E-state index in [2.05, 4.69) is 26.8 Å². The Labute approximate surface area is 124 Å². The quantitative estimate of drug-likeness (QED) is 0.561. The lowest BCUT2D eigenvalue weighted by Crippen LogP contribution is -2.20. The van der Waals surface area contributed by atoms with E-state index < -0.39 is 0 Å². The third-order valence-electron chi connectivity index (χ3n) is 4.69. The monoisotopic (exact) mass is 283 g/mol. The Morgan fingerprint density at radius 3 is 2.48 bits per heavy atom. The highest BCUT2D eigenvalue weighted by molar-refractivity contribution is 5.89. The lowest BCUT2D eigenvalue weighted by Gasteiger charge is -2.17. The maximum atomic E-state index is 5.48. The van der Waals surface area contributed by atoms with Crippen LogP contribution in [0.1, 0.15) is 25.7 Å². The van der Waals surface area contributed by atoms with Crippen molar-refractivity contribution < 1.29 is 0 Å². The molecule has 0 spiro atoms. The van der Waals surface area contributed by atoms with E-state index in [-0.39, 0.29) is 0 Å². The number of anilines is 2. The Morgan fingerprint density at radius 2 is 1.81 bits per heavy atom. The topological polar surface area (TPSA) is 75.9 Å². The van der Waals surface area contributed by atoms with Crippen LogP contribution in [0.2, 0.25) is 0 Å². The minimum Gasteiger partial charge on any atom is -0.369 e. The molecule has 0 atom stereocenters. The number of rotatable bonds is 6. The summed E-state index contributed by atoms with van der Waals surface area (Å²) in [5.74, 6) is 9.52. The highest BCUT2D eigenvalue weighted by Crippen LogP contribution is 2.49. The Morgan fingerprint density at radius 1 is 1.10 bits per heavy atom. The van der Waals surface area contributed by atoms with Crippen molar-refractivity contribution in [3.63, 3.8) is 0 Å². The molecule has 4 N–H and O–H groups in total. The van der Waals surface area contributed by atoms with Crippen molar-refractivity contribution >= 4 is 22.7 Å². The first-order valence-electron chi connectivity index (χ1n) is 7.82. The molecule has 5 heteroatoms. The molecule has 21 heavy (non-hydrogen) atoms. The number of aromatic nitrogens is 2. The fraction of sp³-hybridized carbons (Fsp3) is 0.500. The molecule has 2 aliphatic carbocycles. The van der Waals surface area contributed by atoms with Crippen LogP contribution in [0.25, 0.3) is 10.9 Å². The van der Waals surface area contributed by atoms with Crippen LogP contribution >= 0.6 is 0 Å². The Bertz CT molecular complexity index is 636. The summed E-state index contributed by atoms with van der Waals surface area (Å²) in [6.45, 7) is 1.01. The van der Waals surface area contributed by atoms with Crippen LogP contribution in [0.5, 0.6) is 0 Å². The zero-order valence-electron chi connectivity index (χ0n) is 12.0. The maximum Gasteiger partial charge on any atom is 0.239 e. The fourth-order valence-corrected chi connectivity index (χ4v) is 3.26. The van der Waals surface area contributed by atoms with Gasteiger partial charge in [0.05, 0.1) is 5.52 Å². The molecule has 110 valence electrons. The number of fused-ring (bicyclic) bond motifs is 1. The molecule has 2 saturated carbocycles. The molecule has 1 heterocycles. The van der Waals surface area contributed by atoms with Gasteiger partial charge in [-0.1, -0.05) is 12.1 Å². The molecule has 0 saturated heterocycles. The van der Waals surface area contributed by atoms with E-state index in [1.807, 2.05) is 18.2 Å². The van der Waals surface area contributed by atoms with E-state index >= 15 is 0 Å². The summed E-state index contributed by atoms with van der Waals surface area (Å²) in [5.41, 5.74) is 3.47. The second-order valence-corrected chi connectivity index (χ2v) is 6.28. The molecule has 0 bridgehead atoms. The highest BCUT2D eigenvalue weighted by Gasteiger charge is 2.41. The largest absolute Gasteiger partial charge is 0.369 e. The van der Waals surface area contributed by atoms with Gasteiger partial charge in [0.15, 0.2) is 0 Å². The van der Waals surface area contributed by atoms with Gasteiger partial charge in [0, 0.05) is 11.9 Å². The average Bonchev–Trinajstić information content (AvgIpc) is 3.40. The van der Waals surface area contributed by atoms with E-state index in [4.69, 9.17) is 5.84 Å². The van der Waals surface area contributed by atoms with Gasteiger partial charge in [-0.25, -0.2) is 10.8 Å². The molecule has 1 aromatic heterocycles. The number of benzene rings is 1. The van der Waals surface area contributed by atoms with E-state index in [1.54, 1.807) is 0 Å². The summed E-state index contributed by atoms with van der Waals surface area (Å²) < 4.78 is 0. The van der Waals surface area contributed by atoms with Gasteiger partial charge < -0.3 is 5.32 Å². The highest BCUT2D eigenvalue weighted by atomic mass is 15.3. The minimum atomic E-state index is 0.464. The van der Waals surface area contributed by atoms with E-state index in [0.717, 1.165) is 41.0 Å². The van der Waals surface area contributed by atoms with Gasteiger partial charge in [-0.2, -0.15) is 4.98 Å². The van der Waals surface area contributed by atoms with Gasteiger partial charge in [-0.15, -0.1) is 0 Å². The molecule has 0 unspecified atom stereocenters. The maximum absolute atomic E-state index is 5.48. The molecular weight excluding hydrogens is 262 g/mol. The van der Waals surface area contributed by atoms with E-state index in [1.165, 1.54) is 25.7 Å². The number of para-hydroxylation sites is 1. The minimum absolute atomic E-state index is 0.464. The van der Waals surface area contributed by atoms with Crippen LogP contribution in [0.15, 0.2) is 24.3 Å². The van der Waals surface area contributed by atoms with Gasteiger partial charge in [-0.3, -0.25) is 5.43 Å². The van der Waals surface area contributed by atoms with Gasteiger partial charge in [0.25, 0.3) is 0 Å². The van der Waals surface area contributed by atoms with Crippen LogP contribution in [-0.2, 0) is 0 Å². The smallest absolute Gasteiger partial charge is 0.239 e. The second-order valence-electron chi connectivity index (χ2n) is 6.28. The summed E-state index contributed by atoms with van der Waals surface area (Å²) in [5, 5.41) is 4.62. The van der Waals surface area contributed by atoms with Crippen LogP contribution in [-0.4, -0.2) is 16.5 Å². The predicted octanol–water partition coefficient (Wildman–Crippen LogP) is 2.76. The van der Waals surface area contributed by atoms with Gasteiger partial charge in [0.1, 0.15) is 5.82 Å². The van der Waals surface area contributed by atoms with Crippen molar-refractivity contribution in [1.29, 1.82) is 0 Å². The summed E-state index contributed by atoms with van der Waals surface area (Å²) in [6.07, 6.45) is 5.62. The third kappa shape index (κ3) is 2.65. The molecule has 0 radical (unpaired) electrons. The standard InChI is InChI=1S/C16H21N5/c17-21-16-19-14-4-2-1-3-12(14)15(20-16)18-9-13(10-5-6-10)11-7-8-11/h1-4,10-11,13H,5-9,17H2,(H2,18,19,20,21). The van der Waals surface area contributed by atoms with Crippen LogP contribution in [0.4, 0.5) is 11.8 Å². The first kappa shape index (κ1) is 12.8. The van der Waals surface area contributed by atoms with Crippen LogP contribution in [0, 0.1) is 17.8 Å². The lowest BCUT2D eigenvalue weighted by atomic mass is 9.98. The van der Waals surface area contributed by atoms with Crippen LogP contribution < -0.4 is 16.6 Å². The number of nitrogens with two attached hydrogens (primary N) is 1.